The molecule has 2 N–H and O–H groups in total. The summed E-state index contributed by atoms with van der Waals surface area (Å²) in [4.78, 5) is 2.34. The summed E-state index contributed by atoms with van der Waals surface area (Å²) < 4.78 is 14.9. The smallest absolute Gasteiger partial charge is 0.141 e. The van der Waals surface area contributed by atoms with Gasteiger partial charge >= 0.3 is 0 Å². The molecule has 1 unspecified atom stereocenters. The van der Waals surface area contributed by atoms with Crippen molar-refractivity contribution in [2.24, 2.45) is 11.1 Å². The largest absolute Gasteiger partial charge is 0.327 e. The molecule has 2 heterocycles. The number of nitrogens with zero attached hydrogens (tertiary/aromatic N) is 4. The number of nitrogens with two attached hydrogens (primary N) is 1. The van der Waals surface area contributed by atoms with Crippen LogP contribution in [0.3, 0.4) is 0 Å². The van der Waals surface area contributed by atoms with Crippen molar-refractivity contribution in [1.82, 2.24) is 19.9 Å². The van der Waals surface area contributed by atoms with E-state index in [1.807, 2.05) is 6.20 Å². The molecule has 1 atom stereocenters. The number of aromatic nitrogens is 3. The Morgan fingerprint density at radius 1 is 1.43 bits per heavy atom. The lowest BCUT2D eigenvalue weighted by molar-refractivity contribution is 0.0889. The number of piperidine rings is 1. The summed E-state index contributed by atoms with van der Waals surface area (Å²) in [6.07, 6.45) is 2.83. The van der Waals surface area contributed by atoms with Crippen molar-refractivity contribution in [1.29, 1.82) is 0 Å². The summed E-state index contributed by atoms with van der Waals surface area (Å²) in [6, 6.07) is 4.73. The van der Waals surface area contributed by atoms with Crippen LogP contribution in [0.4, 0.5) is 4.39 Å². The Morgan fingerprint density at radius 2 is 2.22 bits per heavy atom. The standard InChI is InChI=1S/C16H21ClFN5/c1-16(2)10-22(6-5-15(16)19)8-11-9-23(21-20-11)12-3-4-14(18)13(17)7-12/h3-4,7,9,15H,5-6,8,10,19H2,1-2H3. The van der Waals surface area contributed by atoms with E-state index >= 15 is 0 Å². The molecular weight excluding hydrogens is 317 g/mol. The Bertz CT molecular complexity index is 700. The van der Waals surface area contributed by atoms with E-state index in [4.69, 9.17) is 17.3 Å². The molecule has 0 bridgehead atoms. The van der Waals surface area contributed by atoms with E-state index in [9.17, 15) is 4.39 Å². The molecule has 1 aromatic heterocycles. The maximum atomic E-state index is 13.2. The third-order valence-corrected chi connectivity index (χ3v) is 4.78. The van der Waals surface area contributed by atoms with E-state index in [1.54, 1.807) is 16.8 Å². The van der Waals surface area contributed by atoms with Gasteiger partial charge in [-0.2, -0.15) is 0 Å². The lowest BCUT2D eigenvalue weighted by Gasteiger charge is -2.42. The van der Waals surface area contributed by atoms with Crippen molar-refractivity contribution in [2.75, 3.05) is 13.1 Å². The van der Waals surface area contributed by atoms with Crippen LogP contribution in [-0.4, -0.2) is 39.0 Å². The first-order valence-corrected chi connectivity index (χ1v) is 8.07. The van der Waals surface area contributed by atoms with E-state index in [-0.39, 0.29) is 16.5 Å². The highest BCUT2D eigenvalue weighted by atomic mass is 35.5. The predicted octanol–water partition coefficient (Wildman–Crippen LogP) is 2.62. The molecule has 1 fully saturated rings. The molecule has 0 amide bonds. The molecule has 7 heteroatoms. The number of hydrogen-bond acceptors (Lipinski definition) is 4. The molecule has 0 spiro atoms. The van der Waals surface area contributed by atoms with Crippen LogP contribution in [0.15, 0.2) is 24.4 Å². The van der Waals surface area contributed by atoms with Gasteiger partial charge in [0.2, 0.25) is 0 Å². The molecule has 1 saturated heterocycles. The Hall–Kier alpha value is -1.50. The monoisotopic (exact) mass is 337 g/mol. The fraction of sp³-hybridized carbons (Fsp3) is 0.500. The van der Waals surface area contributed by atoms with E-state index in [0.29, 0.717) is 5.69 Å². The quantitative estimate of drug-likeness (QED) is 0.935. The van der Waals surface area contributed by atoms with Crippen molar-refractivity contribution in [3.8, 4) is 5.69 Å². The Morgan fingerprint density at radius 3 is 2.91 bits per heavy atom. The molecule has 1 aromatic carbocycles. The third kappa shape index (κ3) is 3.54. The zero-order valence-corrected chi connectivity index (χ0v) is 14.1. The summed E-state index contributed by atoms with van der Waals surface area (Å²) in [5.74, 6) is -0.442. The summed E-state index contributed by atoms with van der Waals surface area (Å²) >= 11 is 5.81. The van der Waals surface area contributed by atoms with E-state index < -0.39 is 5.82 Å². The maximum Gasteiger partial charge on any atom is 0.141 e. The minimum Gasteiger partial charge on any atom is -0.327 e. The van der Waals surface area contributed by atoms with Crippen LogP contribution in [0.25, 0.3) is 5.69 Å². The maximum absolute atomic E-state index is 13.2. The highest BCUT2D eigenvalue weighted by Gasteiger charge is 2.33. The second-order valence-electron chi connectivity index (χ2n) is 6.85. The van der Waals surface area contributed by atoms with Gasteiger partial charge in [0.25, 0.3) is 0 Å². The van der Waals surface area contributed by atoms with Gasteiger partial charge in [-0.1, -0.05) is 30.7 Å². The summed E-state index contributed by atoms with van der Waals surface area (Å²) in [5.41, 5.74) is 7.83. The highest BCUT2D eigenvalue weighted by Crippen LogP contribution is 2.28. The number of hydrogen-bond donors (Lipinski definition) is 1. The second-order valence-corrected chi connectivity index (χ2v) is 7.25. The van der Waals surface area contributed by atoms with Crippen molar-refractivity contribution >= 4 is 11.6 Å². The van der Waals surface area contributed by atoms with Gasteiger partial charge in [0.1, 0.15) is 5.82 Å². The van der Waals surface area contributed by atoms with E-state index in [1.165, 1.54) is 6.07 Å². The van der Waals surface area contributed by atoms with Crippen LogP contribution in [0.1, 0.15) is 26.0 Å². The fourth-order valence-corrected chi connectivity index (χ4v) is 3.15. The first-order valence-electron chi connectivity index (χ1n) is 7.70. The number of benzene rings is 1. The normalized spacial score (nSPS) is 21.5. The van der Waals surface area contributed by atoms with Crippen LogP contribution < -0.4 is 5.73 Å². The molecule has 2 aromatic rings. The van der Waals surface area contributed by atoms with Gasteiger partial charge in [0.15, 0.2) is 0 Å². The van der Waals surface area contributed by atoms with Crippen LogP contribution in [-0.2, 0) is 6.54 Å². The zero-order valence-electron chi connectivity index (χ0n) is 13.3. The topological polar surface area (TPSA) is 60.0 Å². The van der Waals surface area contributed by atoms with E-state index in [2.05, 4.69) is 29.1 Å². The predicted molar refractivity (Wildman–Crippen MR) is 88.0 cm³/mol. The van der Waals surface area contributed by atoms with Crippen LogP contribution in [0.5, 0.6) is 0 Å². The highest BCUT2D eigenvalue weighted by molar-refractivity contribution is 6.30. The molecule has 1 aliphatic heterocycles. The molecule has 23 heavy (non-hydrogen) atoms. The van der Waals surface area contributed by atoms with Crippen LogP contribution in [0, 0.1) is 11.2 Å². The van der Waals surface area contributed by atoms with E-state index in [0.717, 1.165) is 31.7 Å². The Kier molecular flexibility index (Phi) is 4.40. The Labute approximate surface area is 140 Å². The molecule has 5 nitrogen and oxygen atoms in total. The fourth-order valence-electron chi connectivity index (χ4n) is 2.97. The van der Waals surface area contributed by atoms with Gasteiger partial charge in [-0.3, -0.25) is 4.90 Å². The van der Waals surface area contributed by atoms with Gasteiger partial charge < -0.3 is 5.73 Å². The molecule has 124 valence electrons. The summed E-state index contributed by atoms with van der Waals surface area (Å²) in [6.45, 7) is 7.01. The minimum absolute atomic E-state index is 0.0753. The lowest BCUT2D eigenvalue weighted by atomic mass is 9.80. The van der Waals surface area contributed by atoms with Gasteiger partial charge in [-0.05, 0) is 30.0 Å². The summed E-state index contributed by atoms with van der Waals surface area (Å²) in [5, 5.41) is 8.39. The van der Waals surface area contributed by atoms with Crippen molar-refractivity contribution in [3.63, 3.8) is 0 Å². The lowest BCUT2D eigenvalue weighted by Crippen LogP contribution is -2.52. The van der Waals surface area contributed by atoms with Gasteiger partial charge in [0.05, 0.1) is 22.6 Å². The second kappa shape index (κ2) is 6.19. The molecule has 3 rings (SSSR count). The van der Waals surface area contributed by atoms with Crippen LogP contribution in [0.2, 0.25) is 5.02 Å². The molecule has 0 saturated carbocycles. The van der Waals surface area contributed by atoms with Crippen molar-refractivity contribution < 1.29 is 4.39 Å². The number of likely N-dealkylation sites (tertiary alicyclic amines) is 1. The molecule has 0 aliphatic carbocycles. The molecule has 0 radical (unpaired) electrons. The average Bonchev–Trinajstić information content (AvgIpc) is 2.94. The Balaban J connectivity index is 1.71. The SMILES string of the molecule is CC1(C)CN(Cc2cn(-c3ccc(F)c(Cl)c3)nn2)CCC1N. The van der Waals surface area contributed by atoms with Gasteiger partial charge in [-0.15, -0.1) is 5.10 Å². The third-order valence-electron chi connectivity index (χ3n) is 4.49. The van der Waals surface area contributed by atoms with Crippen LogP contribution >= 0.6 is 11.6 Å². The minimum atomic E-state index is -0.442. The number of rotatable bonds is 3. The number of halogens is 2. The molecule has 1 aliphatic rings. The molecular formula is C16H21ClFN5. The zero-order chi connectivity index (χ0) is 16.6. The van der Waals surface area contributed by atoms with Crippen molar-refractivity contribution in [2.45, 2.75) is 32.9 Å². The average molecular weight is 338 g/mol. The summed E-state index contributed by atoms with van der Waals surface area (Å²) in [7, 11) is 0. The first kappa shape index (κ1) is 16.4. The van der Waals surface area contributed by atoms with Gasteiger partial charge in [0, 0.05) is 25.7 Å². The van der Waals surface area contributed by atoms with Gasteiger partial charge in [-0.25, -0.2) is 9.07 Å². The van der Waals surface area contributed by atoms with Crippen molar-refractivity contribution in [3.05, 3.63) is 40.9 Å². The first-order chi connectivity index (χ1) is 10.8.